The maximum atomic E-state index is 11.8. The number of aromatic nitrogens is 1. The van der Waals surface area contributed by atoms with E-state index in [0.29, 0.717) is 29.5 Å². The van der Waals surface area contributed by atoms with Gasteiger partial charge in [0.25, 0.3) is 5.91 Å². The summed E-state index contributed by atoms with van der Waals surface area (Å²) in [4.78, 5) is 16.2. The molecule has 1 aromatic heterocycles. The van der Waals surface area contributed by atoms with E-state index in [2.05, 4.69) is 15.6 Å². The van der Waals surface area contributed by atoms with Crippen LogP contribution in [-0.2, 0) is 9.84 Å². The van der Waals surface area contributed by atoms with Crippen molar-refractivity contribution in [2.24, 2.45) is 0 Å². The fourth-order valence-electron chi connectivity index (χ4n) is 1.34. The minimum absolute atomic E-state index is 0.0497. The van der Waals surface area contributed by atoms with Gasteiger partial charge in [-0.3, -0.25) is 4.79 Å². The molecule has 0 aliphatic carbocycles. The first-order chi connectivity index (χ1) is 8.83. The lowest BCUT2D eigenvalue weighted by atomic mass is 10.4. The van der Waals surface area contributed by atoms with E-state index >= 15 is 0 Å². The van der Waals surface area contributed by atoms with Gasteiger partial charge in [-0.15, -0.1) is 0 Å². The highest BCUT2D eigenvalue weighted by Crippen LogP contribution is 2.24. The zero-order chi connectivity index (χ0) is 14.5. The number of carbonyl (C=O) groups is 1. The number of anilines is 2. The molecule has 9 heteroatoms. The van der Waals surface area contributed by atoms with Gasteiger partial charge >= 0.3 is 0 Å². The Hall–Kier alpha value is -1.35. The summed E-state index contributed by atoms with van der Waals surface area (Å²) in [6.45, 7) is 2.91. The third kappa shape index (κ3) is 5.43. The van der Waals surface area contributed by atoms with Gasteiger partial charge in [0.15, 0.2) is 5.13 Å². The number of hydrogen-bond donors (Lipinski definition) is 3. The molecule has 0 atom stereocenters. The van der Waals surface area contributed by atoms with Crippen LogP contribution in [0.1, 0.15) is 23.0 Å². The average molecular weight is 306 g/mol. The Kier molecular flexibility index (Phi) is 5.55. The number of rotatable bonds is 7. The molecule has 0 radical (unpaired) electrons. The number of carbonyl (C=O) groups excluding carboxylic acids is 1. The number of nitrogens with two attached hydrogens (primary N) is 1. The summed E-state index contributed by atoms with van der Waals surface area (Å²) in [7, 11) is -2.99. The Labute approximate surface area is 116 Å². The zero-order valence-electron chi connectivity index (χ0n) is 10.9. The van der Waals surface area contributed by atoms with E-state index in [9.17, 15) is 13.2 Å². The van der Waals surface area contributed by atoms with E-state index in [1.807, 2.05) is 6.92 Å². The van der Waals surface area contributed by atoms with Crippen LogP contribution in [0.15, 0.2) is 0 Å². The topological polar surface area (TPSA) is 114 Å². The molecule has 4 N–H and O–H groups in total. The quantitative estimate of drug-likeness (QED) is 0.625. The van der Waals surface area contributed by atoms with Gasteiger partial charge < -0.3 is 16.4 Å². The van der Waals surface area contributed by atoms with Crippen LogP contribution < -0.4 is 16.4 Å². The molecule has 1 rings (SSSR count). The number of hydrogen-bond acceptors (Lipinski definition) is 7. The van der Waals surface area contributed by atoms with Crippen molar-refractivity contribution in [3.8, 4) is 0 Å². The highest BCUT2D eigenvalue weighted by atomic mass is 32.2. The van der Waals surface area contributed by atoms with E-state index < -0.39 is 9.84 Å². The summed E-state index contributed by atoms with van der Waals surface area (Å²) in [6, 6.07) is 0. The second-order valence-corrected chi connectivity index (χ2v) is 7.26. The molecule has 1 aromatic rings. The number of thiazole rings is 1. The molecule has 1 heterocycles. The van der Waals surface area contributed by atoms with E-state index in [-0.39, 0.29) is 17.5 Å². The Balaban J connectivity index is 2.49. The first-order valence-electron chi connectivity index (χ1n) is 5.79. The number of sulfone groups is 1. The second kappa shape index (κ2) is 6.71. The molecule has 0 saturated carbocycles. The Morgan fingerprint density at radius 1 is 1.47 bits per heavy atom. The summed E-state index contributed by atoms with van der Waals surface area (Å²) in [6.07, 6.45) is 1.54. The van der Waals surface area contributed by atoms with Crippen LogP contribution >= 0.6 is 11.3 Å². The molecule has 0 spiro atoms. The van der Waals surface area contributed by atoms with Crippen molar-refractivity contribution < 1.29 is 13.2 Å². The van der Waals surface area contributed by atoms with Crippen LogP contribution in [0.2, 0.25) is 0 Å². The lowest BCUT2D eigenvalue weighted by molar-refractivity contribution is 0.0958. The van der Waals surface area contributed by atoms with Gasteiger partial charge in [-0.05, 0) is 13.3 Å². The highest BCUT2D eigenvalue weighted by molar-refractivity contribution is 7.90. The molecule has 0 fully saturated rings. The second-order valence-electron chi connectivity index (χ2n) is 4.00. The lowest BCUT2D eigenvalue weighted by Gasteiger charge is -2.02. The summed E-state index contributed by atoms with van der Waals surface area (Å²) in [5.74, 6) is -0.0945. The van der Waals surface area contributed by atoms with Gasteiger partial charge in [0.1, 0.15) is 20.5 Å². The van der Waals surface area contributed by atoms with Gasteiger partial charge in [-0.25, -0.2) is 13.4 Å². The summed E-state index contributed by atoms with van der Waals surface area (Å²) in [5, 5.41) is 6.20. The number of nitrogens with zero attached hydrogens (tertiary/aromatic N) is 1. The standard InChI is InChI=1S/C10H18N4O3S2/c1-3-12-10-14-8(11)7(18-10)9(15)13-5-4-6-19(2,16)17/h3-6,11H2,1-2H3,(H,12,14)(H,13,15). The SMILES string of the molecule is CCNc1nc(N)c(C(=O)NCCCS(C)(=O)=O)s1. The van der Waals surface area contributed by atoms with Crippen LogP contribution in [0.5, 0.6) is 0 Å². The fraction of sp³-hybridized carbons (Fsp3) is 0.600. The number of nitrogens with one attached hydrogen (secondary N) is 2. The molecule has 108 valence electrons. The van der Waals surface area contributed by atoms with Crippen LogP contribution in [0.25, 0.3) is 0 Å². The molecule has 0 bridgehead atoms. The molecular weight excluding hydrogens is 288 g/mol. The third-order valence-corrected chi connectivity index (χ3v) is 4.22. The van der Waals surface area contributed by atoms with Crippen molar-refractivity contribution in [2.75, 3.05) is 36.1 Å². The van der Waals surface area contributed by atoms with Gasteiger partial charge in [0.05, 0.1) is 5.75 Å². The Morgan fingerprint density at radius 2 is 2.16 bits per heavy atom. The predicted molar refractivity (Wildman–Crippen MR) is 77.4 cm³/mol. The van der Waals surface area contributed by atoms with Gasteiger partial charge in [0.2, 0.25) is 0 Å². The Bertz CT molecular complexity index is 539. The summed E-state index contributed by atoms with van der Waals surface area (Å²) in [5.41, 5.74) is 5.65. The largest absolute Gasteiger partial charge is 0.382 e. The maximum Gasteiger partial charge on any atom is 0.265 e. The summed E-state index contributed by atoms with van der Waals surface area (Å²) < 4.78 is 21.9. The van der Waals surface area contributed by atoms with Crippen LogP contribution in [0, 0.1) is 0 Å². The molecule has 0 unspecified atom stereocenters. The van der Waals surface area contributed by atoms with Gasteiger partial charge in [0, 0.05) is 19.3 Å². The van der Waals surface area contributed by atoms with Crippen molar-refractivity contribution >= 4 is 38.0 Å². The first kappa shape index (κ1) is 15.7. The van der Waals surface area contributed by atoms with Gasteiger partial charge in [-0.2, -0.15) is 0 Å². The molecule has 19 heavy (non-hydrogen) atoms. The predicted octanol–water partition coefficient (Wildman–Crippen LogP) is 0.322. The zero-order valence-corrected chi connectivity index (χ0v) is 12.5. The maximum absolute atomic E-state index is 11.8. The van der Waals surface area contributed by atoms with Crippen molar-refractivity contribution in [2.45, 2.75) is 13.3 Å². The molecule has 7 nitrogen and oxygen atoms in total. The van der Waals surface area contributed by atoms with Crippen molar-refractivity contribution in [1.82, 2.24) is 10.3 Å². The fourth-order valence-corrected chi connectivity index (χ4v) is 2.88. The van der Waals surface area contributed by atoms with Crippen LogP contribution in [0.4, 0.5) is 10.9 Å². The molecule has 0 aliphatic rings. The molecule has 0 aromatic carbocycles. The van der Waals surface area contributed by atoms with Crippen molar-refractivity contribution in [3.05, 3.63) is 4.88 Å². The highest BCUT2D eigenvalue weighted by Gasteiger charge is 2.15. The van der Waals surface area contributed by atoms with E-state index in [1.165, 1.54) is 17.6 Å². The first-order valence-corrected chi connectivity index (χ1v) is 8.67. The van der Waals surface area contributed by atoms with E-state index in [4.69, 9.17) is 5.73 Å². The van der Waals surface area contributed by atoms with Crippen LogP contribution in [0.3, 0.4) is 0 Å². The molecule has 0 aliphatic heterocycles. The minimum atomic E-state index is -2.99. The lowest BCUT2D eigenvalue weighted by Crippen LogP contribution is -2.25. The average Bonchev–Trinajstić information content (AvgIpc) is 2.65. The summed E-state index contributed by atoms with van der Waals surface area (Å²) >= 11 is 1.18. The van der Waals surface area contributed by atoms with Crippen molar-refractivity contribution in [1.29, 1.82) is 0 Å². The van der Waals surface area contributed by atoms with E-state index in [0.717, 1.165) is 0 Å². The molecular formula is C10H18N4O3S2. The van der Waals surface area contributed by atoms with Crippen LogP contribution in [-0.4, -0.2) is 44.4 Å². The van der Waals surface area contributed by atoms with Gasteiger partial charge in [-0.1, -0.05) is 11.3 Å². The molecule has 1 amide bonds. The number of amides is 1. The Morgan fingerprint density at radius 3 is 2.74 bits per heavy atom. The smallest absolute Gasteiger partial charge is 0.265 e. The normalized spacial score (nSPS) is 11.3. The van der Waals surface area contributed by atoms with E-state index in [1.54, 1.807) is 0 Å². The monoisotopic (exact) mass is 306 g/mol. The third-order valence-electron chi connectivity index (χ3n) is 2.17. The number of nitrogen functional groups attached to an aromatic ring is 1. The minimum Gasteiger partial charge on any atom is -0.382 e. The molecule has 0 saturated heterocycles. The van der Waals surface area contributed by atoms with Crippen molar-refractivity contribution in [3.63, 3.8) is 0 Å².